The van der Waals surface area contributed by atoms with Gasteiger partial charge in [-0.3, -0.25) is 4.79 Å². The average Bonchev–Trinajstić information content (AvgIpc) is 3.23. The van der Waals surface area contributed by atoms with Crippen molar-refractivity contribution in [2.24, 2.45) is 5.10 Å². The number of amides is 1. The number of hydrogen-bond donors (Lipinski definition) is 1. The van der Waals surface area contributed by atoms with Gasteiger partial charge in [0.1, 0.15) is 5.58 Å². The Bertz CT molecular complexity index is 1150. The monoisotopic (exact) mass is 357 g/mol. The van der Waals surface area contributed by atoms with Crippen molar-refractivity contribution in [2.45, 2.75) is 13.5 Å². The molecular weight excluding hydrogens is 338 g/mol. The number of furan rings is 1. The first-order valence-electron chi connectivity index (χ1n) is 8.69. The van der Waals surface area contributed by atoms with Crippen molar-refractivity contribution in [1.82, 2.24) is 9.99 Å². The number of benzene rings is 2. The SMILES string of the molecule is C=CCn1c(C)c(C=NNC(=O)c2cc3ccccc3o2)c2ccccc21. The highest BCUT2D eigenvalue weighted by Crippen LogP contribution is 2.24. The Morgan fingerprint density at radius 1 is 1.22 bits per heavy atom. The Morgan fingerprint density at radius 3 is 2.81 bits per heavy atom. The van der Waals surface area contributed by atoms with Crippen molar-refractivity contribution >= 4 is 34.0 Å². The number of nitrogens with one attached hydrogen (secondary N) is 1. The van der Waals surface area contributed by atoms with Crippen molar-refractivity contribution in [2.75, 3.05) is 0 Å². The summed E-state index contributed by atoms with van der Waals surface area (Å²) in [6.45, 7) is 6.58. The van der Waals surface area contributed by atoms with Gasteiger partial charge >= 0.3 is 5.91 Å². The van der Waals surface area contributed by atoms with Crippen molar-refractivity contribution in [3.05, 3.63) is 84.3 Å². The van der Waals surface area contributed by atoms with Gasteiger partial charge in [-0.25, -0.2) is 5.43 Å². The quantitative estimate of drug-likeness (QED) is 0.321. The molecule has 0 aliphatic heterocycles. The largest absolute Gasteiger partial charge is 0.451 e. The summed E-state index contributed by atoms with van der Waals surface area (Å²) in [5, 5.41) is 6.12. The minimum atomic E-state index is -0.380. The summed E-state index contributed by atoms with van der Waals surface area (Å²) in [7, 11) is 0. The molecule has 0 saturated carbocycles. The fraction of sp³-hybridized carbons (Fsp3) is 0.0909. The van der Waals surface area contributed by atoms with Crippen molar-refractivity contribution in [1.29, 1.82) is 0 Å². The van der Waals surface area contributed by atoms with Crippen LogP contribution in [0.15, 0.2) is 76.8 Å². The summed E-state index contributed by atoms with van der Waals surface area (Å²) in [5.74, 6) is -0.144. The van der Waals surface area contributed by atoms with E-state index >= 15 is 0 Å². The van der Waals surface area contributed by atoms with Crippen LogP contribution in [-0.2, 0) is 6.54 Å². The highest BCUT2D eigenvalue weighted by Gasteiger charge is 2.13. The Labute approximate surface area is 156 Å². The van der Waals surface area contributed by atoms with E-state index in [-0.39, 0.29) is 11.7 Å². The molecule has 2 heterocycles. The minimum Gasteiger partial charge on any atom is -0.451 e. The van der Waals surface area contributed by atoms with E-state index in [1.54, 1.807) is 12.3 Å². The highest BCUT2D eigenvalue weighted by atomic mass is 16.3. The van der Waals surface area contributed by atoms with Crippen LogP contribution >= 0.6 is 0 Å². The number of aromatic nitrogens is 1. The van der Waals surface area contributed by atoms with Gasteiger partial charge in [0.05, 0.1) is 6.21 Å². The number of allylic oxidation sites excluding steroid dienone is 1. The third-order valence-electron chi connectivity index (χ3n) is 4.60. The van der Waals surface area contributed by atoms with Crippen LogP contribution in [0.2, 0.25) is 0 Å². The average molecular weight is 357 g/mol. The van der Waals surface area contributed by atoms with Gasteiger partial charge in [0.25, 0.3) is 0 Å². The number of carbonyl (C=O) groups excluding carboxylic acids is 1. The number of rotatable bonds is 5. The second kappa shape index (κ2) is 6.96. The Morgan fingerprint density at radius 2 is 2.00 bits per heavy atom. The Balaban J connectivity index is 1.60. The smallest absolute Gasteiger partial charge is 0.307 e. The van der Waals surface area contributed by atoms with Gasteiger partial charge in [-0.1, -0.05) is 42.5 Å². The summed E-state index contributed by atoms with van der Waals surface area (Å²) in [6.07, 6.45) is 3.54. The Hall–Kier alpha value is -3.60. The lowest BCUT2D eigenvalue weighted by atomic mass is 10.1. The molecule has 5 heteroatoms. The first-order chi connectivity index (χ1) is 13.2. The van der Waals surface area contributed by atoms with Crippen molar-refractivity contribution in [3.8, 4) is 0 Å². The molecule has 0 radical (unpaired) electrons. The summed E-state index contributed by atoms with van der Waals surface area (Å²) in [6, 6.07) is 17.3. The predicted molar refractivity (Wildman–Crippen MR) is 108 cm³/mol. The van der Waals surface area contributed by atoms with E-state index in [1.807, 2.05) is 55.5 Å². The minimum absolute atomic E-state index is 0.235. The number of fused-ring (bicyclic) bond motifs is 2. The second-order valence-corrected chi connectivity index (χ2v) is 6.26. The second-order valence-electron chi connectivity index (χ2n) is 6.26. The molecule has 1 N–H and O–H groups in total. The molecule has 0 saturated heterocycles. The van der Waals surface area contributed by atoms with Crippen LogP contribution in [0.4, 0.5) is 0 Å². The van der Waals surface area contributed by atoms with E-state index in [2.05, 4.69) is 27.7 Å². The van der Waals surface area contributed by atoms with Crippen LogP contribution in [0.5, 0.6) is 0 Å². The van der Waals surface area contributed by atoms with Gasteiger partial charge in [0.15, 0.2) is 5.76 Å². The summed E-state index contributed by atoms with van der Waals surface area (Å²) < 4.78 is 7.73. The first-order valence-corrected chi connectivity index (χ1v) is 8.69. The molecule has 0 bridgehead atoms. The van der Waals surface area contributed by atoms with Gasteiger partial charge in [-0.2, -0.15) is 5.10 Å². The molecule has 2 aromatic heterocycles. The van der Waals surface area contributed by atoms with Gasteiger partial charge in [-0.15, -0.1) is 6.58 Å². The summed E-state index contributed by atoms with van der Waals surface area (Å²) >= 11 is 0. The van der Waals surface area contributed by atoms with Crippen LogP contribution in [-0.4, -0.2) is 16.7 Å². The predicted octanol–water partition coefficient (Wildman–Crippen LogP) is 4.65. The van der Waals surface area contributed by atoms with Gasteiger partial charge in [0.2, 0.25) is 0 Å². The van der Waals surface area contributed by atoms with Crippen molar-refractivity contribution in [3.63, 3.8) is 0 Å². The molecule has 0 aliphatic carbocycles. The highest BCUT2D eigenvalue weighted by molar-refractivity contribution is 6.02. The zero-order chi connectivity index (χ0) is 18.8. The maximum atomic E-state index is 12.3. The van der Waals surface area contributed by atoms with E-state index in [9.17, 15) is 4.79 Å². The van der Waals surface area contributed by atoms with E-state index < -0.39 is 0 Å². The van der Waals surface area contributed by atoms with E-state index in [0.29, 0.717) is 12.1 Å². The van der Waals surface area contributed by atoms with Crippen molar-refractivity contribution < 1.29 is 9.21 Å². The fourth-order valence-electron chi connectivity index (χ4n) is 3.29. The van der Waals surface area contributed by atoms with Crippen LogP contribution < -0.4 is 5.43 Å². The molecule has 0 spiro atoms. The number of hydrazone groups is 1. The van der Waals surface area contributed by atoms with E-state index in [1.165, 1.54) is 0 Å². The van der Waals surface area contributed by atoms with Gasteiger partial charge in [0, 0.05) is 34.1 Å². The number of para-hydroxylation sites is 2. The molecule has 4 aromatic rings. The van der Waals surface area contributed by atoms with E-state index in [4.69, 9.17) is 4.42 Å². The molecule has 0 aliphatic rings. The Kier molecular flexibility index (Phi) is 4.34. The molecule has 4 rings (SSSR count). The normalized spacial score (nSPS) is 11.4. The lowest BCUT2D eigenvalue weighted by Crippen LogP contribution is -2.16. The molecule has 5 nitrogen and oxygen atoms in total. The fourth-order valence-corrected chi connectivity index (χ4v) is 3.29. The third-order valence-corrected chi connectivity index (χ3v) is 4.60. The molecule has 1 amide bonds. The first kappa shape index (κ1) is 16.8. The van der Waals surface area contributed by atoms with Crippen LogP contribution in [0.25, 0.3) is 21.9 Å². The molecule has 0 unspecified atom stereocenters. The van der Waals surface area contributed by atoms with Crippen LogP contribution in [0, 0.1) is 6.92 Å². The summed E-state index contributed by atoms with van der Waals surface area (Å²) in [5.41, 5.74) is 6.37. The van der Waals surface area contributed by atoms with Gasteiger partial charge < -0.3 is 8.98 Å². The van der Waals surface area contributed by atoms with Gasteiger partial charge in [-0.05, 0) is 25.1 Å². The molecule has 27 heavy (non-hydrogen) atoms. The standard InChI is InChI=1S/C22H19N3O2/c1-3-12-25-15(2)18(17-9-5-6-10-19(17)25)14-23-24-22(26)21-13-16-8-4-7-11-20(16)27-21/h3-11,13-14H,1,12H2,2H3,(H,24,26). The maximum Gasteiger partial charge on any atom is 0.307 e. The molecule has 0 fully saturated rings. The zero-order valence-corrected chi connectivity index (χ0v) is 15.0. The van der Waals surface area contributed by atoms with Crippen LogP contribution in [0.3, 0.4) is 0 Å². The third kappa shape index (κ3) is 3.04. The lowest BCUT2D eigenvalue weighted by Gasteiger charge is -2.03. The molecule has 0 atom stereocenters. The lowest BCUT2D eigenvalue weighted by molar-refractivity contribution is 0.0929. The van der Waals surface area contributed by atoms with E-state index in [0.717, 1.165) is 27.5 Å². The molecule has 2 aromatic carbocycles. The number of hydrogen-bond acceptors (Lipinski definition) is 3. The maximum absolute atomic E-state index is 12.3. The zero-order valence-electron chi connectivity index (χ0n) is 15.0. The molecular formula is C22H19N3O2. The number of carbonyl (C=O) groups is 1. The number of nitrogens with zero attached hydrogens (tertiary/aromatic N) is 2. The summed E-state index contributed by atoms with van der Waals surface area (Å²) in [4.78, 5) is 12.3. The topological polar surface area (TPSA) is 59.5 Å². The van der Waals surface area contributed by atoms with Crippen LogP contribution in [0.1, 0.15) is 21.8 Å². The molecule has 134 valence electrons.